The molecule has 140 valence electrons. The fourth-order valence-corrected chi connectivity index (χ4v) is 8.81. The van der Waals surface area contributed by atoms with Crippen LogP contribution in [0.1, 0.15) is 79.1 Å². The van der Waals surface area contributed by atoms with E-state index in [9.17, 15) is 4.79 Å². The van der Waals surface area contributed by atoms with E-state index in [0.717, 1.165) is 30.1 Å². The van der Waals surface area contributed by atoms with Gasteiger partial charge in [0.05, 0.1) is 0 Å². The van der Waals surface area contributed by atoms with E-state index >= 15 is 0 Å². The molecular weight excluding hydrogens is 304 g/mol. The van der Waals surface area contributed by atoms with Crippen molar-refractivity contribution in [2.45, 2.75) is 79.1 Å². The zero-order chi connectivity index (χ0) is 18.0. The lowest BCUT2D eigenvalue weighted by Gasteiger charge is -2.63. The quantitative estimate of drug-likeness (QED) is 0.539. The summed E-state index contributed by atoms with van der Waals surface area (Å²) in [6.45, 7) is 13.6. The van der Waals surface area contributed by atoms with Gasteiger partial charge < -0.3 is 0 Å². The van der Waals surface area contributed by atoms with Crippen molar-refractivity contribution in [2.75, 3.05) is 0 Å². The van der Waals surface area contributed by atoms with Gasteiger partial charge in [0, 0.05) is 5.41 Å². The summed E-state index contributed by atoms with van der Waals surface area (Å²) in [5.74, 6) is 5.69. The Morgan fingerprint density at radius 3 is 2.56 bits per heavy atom. The molecule has 4 fully saturated rings. The van der Waals surface area contributed by atoms with Crippen LogP contribution in [0.4, 0.5) is 0 Å². The third kappa shape index (κ3) is 2.29. The van der Waals surface area contributed by atoms with Crippen molar-refractivity contribution in [3.63, 3.8) is 0 Å². The number of hydrogen-bond acceptors (Lipinski definition) is 1. The van der Waals surface area contributed by atoms with Gasteiger partial charge in [0.2, 0.25) is 0 Å². The highest BCUT2D eigenvalue weighted by Crippen LogP contribution is 2.69. The summed E-state index contributed by atoms with van der Waals surface area (Å²) in [4.78, 5) is 12.9. The Hall–Kier alpha value is -0.590. The number of carbonyl (C=O) groups excluding carboxylic acids is 1. The molecule has 0 N–H and O–H groups in total. The van der Waals surface area contributed by atoms with Gasteiger partial charge in [-0.1, -0.05) is 33.3 Å². The van der Waals surface area contributed by atoms with Crippen molar-refractivity contribution in [2.24, 2.45) is 52.3 Å². The van der Waals surface area contributed by atoms with E-state index in [-0.39, 0.29) is 5.41 Å². The molecule has 0 heterocycles. The van der Waals surface area contributed by atoms with Gasteiger partial charge in [-0.2, -0.15) is 0 Å². The van der Waals surface area contributed by atoms with E-state index in [4.69, 9.17) is 0 Å². The Morgan fingerprint density at radius 2 is 1.88 bits per heavy atom. The molecule has 0 amide bonds. The molecule has 0 unspecified atom stereocenters. The number of carbonyl (C=O) groups is 1. The van der Waals surface area contributed by atoms with Crippen LogP contribution >= 0.6 is 0 Å². The third-order valence-corrected chi connectivity index (χ3v) is 9.71. The Kier molecular flexibility index (Phi) is 4.25. The van der Waals surface area contributed by atoms with Crippen LogP contribution in [0.25, 0.3) is 0 Å². The van der Waals surface area contributed by atoms with Crippen molar-refractivity contribution >= 4 is 5.78 Å². The number of allylic oxidation sites excluding steroid dienone is 1. The molecule has 9 atom stereocenters. The van der Waals surface area contributed by atoms with Gasteiger partial charge in [-0.25, -0.2) is 0 Å². The third-order valence-electron chi connectivity index (χ3n) is 9.71. The highest BCUT2D eigenvalue weighted by atomic mass is 16.1. The molecule has 0 radical (unpaired) electrons. The smallest absolute Gasteiger partial charge is 0.136 e. The summed E-state index contributed by atoms with van der Waals surface area (Å²) in [6, 6.07) is 0. The Labute approximate surface area is 155 Å². The van der Waals surface area contributed by atoms with E-state index in [1.807, 2.05) is 6.92 Å². The first-order chi connectivity index (χ1) is 11.8. The first-order valence-electron chi connectivity index (χ1n) is 11.0. The summed E-state index contributed by atoms with van der Waals surface area (Å²) >= 11 is 0. The Morgan fingerprint density at radius 1 is 1.12 bits per heavy atom. The van der Waals surface area contributed by atoms with E-state index in [0.29, 0.717) is 29.0 Å². The minimum Gasteiger partial charge on any atom is -0.299 e. The summed E-state index contributed by atoms with van der Waals surface area (Å²) in [5, 5.41) is 0. The lowest BCUT2D eigenvalue weighted by Crippen LogP contribution is -2.58. The molecule has 0 aromatic heterocycles. The largest absolute Gasteiger partial charge is 0.299 e. The minimum atomic E-state index is -0.0759. The van der Waals surface area contributed by atoms with Crippen LogP contribution < -0.4 is 0 Å². The fraction of sp³-hybridized carbons (Fsp3) is 0.875. The lowest BCUT2D eigenvalue weighted by atomic mass is 9.41. The first kappa shape index (κ1) is 17.8. The van der Waals surface area contributed by atoms with E-state index in [1.54, 1.807) is 0 Å². The maximum atomic E-state index is 12.9. The molecule has 0 spiro atoms. The number of rotatable bonds is 2. The zero-order valence-corrected chi connectivity index (χ0v) is 16.9. The molecule has 4 saturated carbocycles. The van der Waals surface area contributed by atoms with Gasteiger partial charge in [0.1, 0.15) is 5.78 Å². The van der Waals surface area contributed by atoms with Crippen LogP contribution in [-0.2, 0) is 4.79 Å². The molecule has 0 saturated heterocycles. The average molecular weight is 343 g/mol. The SMILES string of the molecule is C=C[C@H]1CC[C@H]2[C@@H]3CC[C@H]4C[C@H](C)CC[C@]4(C)[C@H]3[C@@H](C)C[C@]12C(C)=O. The molecule has 1 heteroatoms. The monoisotopic (exact) mass is 342 g/mol. The van der Waals surface area contributed by atoms with E-state index in [2.05, 4.69) is 33.4 Å². The van der Waals surface area contributed by atoms with Gasteiger partial charge in [0.15, 0.2) is 0 Å². The molecule has 25 heavy (non-hydrogen) atoms. The zero-order valence-electron chi connectivity index (χ0n) is 16.9. The van der Waals surface area contributed by atoms with Crippen LogP contribution in [0.5, 0.6) is 0 Å². The number of hydrogen-bond donors (Lipinski definition) is 0. The molecule has 4 aliphatic rings. The van der Waals surface area contributed by atoms with Gasteiger partial charge in [-0.15, -0.1) is 6.58 Å². The van der Waals surface area contributed by atoms with Crippen LogP contribution in [0.15, 0.2) is 12.7 Å². The molecule has 0 aliphatic heterocycles. The van der Waals surface area contributed by atoms with Gasteiger partial charge in [-0.05, 0) is 98.7 Å². The van der Waals surface area contributed by atoms with Crippen molar-refractivity contribution in [1.29, 1.82) is 0 Å². The summed E-state index contributed by atoms with van der Waals surface area (Å²) < 4.78 is 0. The highest BCUT2D eigenvalue weighted by Gasteiger charge is 2.64. The van der Waals surface area contributed by atoms with Crippen LogP contribution in [0.3, 0.4) is 0 Å². The minimum absolute atomic E-state index is 0.0759. The predicted molar refractivity (Wildman–Crippen MR) is 104 cm³/mol. The molecule has 4 aliphatic carbocycles. The van der Waals surface area contributed by atoms with Gasteiger partial charge in [0.25, 0.3) is 0 Å². The normalized spacial score (nSPS) is 55.0. The Bertz CT molecular complexity index is 564. The topological polar surface area (TPSA) is 17.1 Å². The first-order valence-corrected chi connectivity index (χ1v) is 11.0. The summed E-state index contributed by atoms with van der Waals surface area (Å²) in [7, 11) is 0. The van der Waals surface area contributed by atoms with Crippen LogP contribution in [0, 0.1) is 52.3 Å². The number of Topliss-reactive ketones (excluding diaryl/α,β-unsaturated/α-hetero) is 1. The van der Waals surface area contributed by atoms with E-state index in [1.165, 1.54) is 44.9 Å². The Balaban J connectivity index is 1.72. The molecule has 0 aromatic carbocycles. The second kappa shape index (κ2) is 5.96. The molecular formula is C24H38O. The van der Waals surface area contributed by atoms with Crippen molar-refractivity contribution in [3.05, 3.63) is 12.7 Å². The molecule has 1 nitrogen and oxygen atoms in total. The summed E-state index contributed by atoms with van der Waals surface area (Å²) in [5.41, 5.74) is 0.456. The molecule has 0 bridgehead atoms. The van der Waals surface area contributed by atoms with E-state index < -0.39 is 0 Å². The maximum absolute atomic E-state index is 12.9. The molecule has 4 rings (SSSR count). The standard InChI is InChI=1S/C24H38O/c1-6-18-8-10-21-20-9-7-19-13-15(2)11-12-23(19,5)22(20)16(3)14-24(18,21)17(4)25/h6,15-16,18-22H,1,7-14H2,2-5H3/t15-,16+,18+,19+,20+,21+,22+,23+,24+/m1/s1. The second-order valence-corrected chi connectivity index (χ2v) is 10.7. The van der Waals surface area contributed by atoms with Gasteiger partial charge in [-0.3, -0.25) is 4.79 Å². The van der Waals surface area contributed by atoms with Crippen molar-refractivity contribution in [1.82, 2.24) is 0 Å². The number of ketones is 1. The van der Waals surface area contributed by atoms with Gasteiger partial charge >= 0.3 is 0 Å². The highest BCUT2D eigenvalue weighted by molar-refractivity contribution is 5.84. The van der Waals surface area contributed by atoms with Crippen molar-refractivity contribution in [3.8, 4) is 0 Å². The summed E-state index contributed by atoms with van der Waals surface area (Å²) in [6.07, 6.45) is 12.8. The average Bonchev–Trinajstić information content (AvgIpc) is 2.94. The lowest BCUT2D eigenvalue weighted by molar-refractivity contribution is -0.161. The predicted octanol–water partition coefficient (Wildman–Crippen LogP) is 6.28. The maximum Gasteiger partial charge on any atom is 0.136 e. The van der Waals surface area contributed by atoms with Crippen molar-refractivity contribution < 1.29 is 4.79 Å². The van der Waals surface area contributed by atoms with Crippen LogP contribution in [-0.4, -0.2) is 5.78 Å². The fourth-order valence-electron chi connectivity index (χ4n) is 8.81. The second-order valence-electron chi connectivity index (χ2n) is 10.7. The van der Waals surface area contributed by atoms with Crippen LogP contribution in [0.2, 0.25) is 0 Å². The number of fused-ring (bicyclic) bond motifs is 5. The molecule has 0 aromatic rings.